The van der Waals surface area contributed by atoms with Gasteiger partial charge in [-0.1, -0.05) is 0 Å². The smallest absolute Gasteiger partial charge is 0.404 e. The second-order valence-corrected chi connectivity index (χ2v) is 5.92. The van der Waals surface area contributed by atoms with Crippen LogP contribution < -0.4 is 5.73 Å². The van der Waals surface area contributed by atoms with E-state index in [0.29, 0.717) is 5.76 Å². The highest BCUT2D eigenvalue weighted by atomic mass is 79.9. The summed E-state index contributed by atoms with van der Waals surface area (Å²) in [4.78, 5) is 10.8. The molecule has 2 heterocycles. The molecule has 2 N–H and O–H groups in total. The molecule has 90 valence electrons. The van der Waals surface area contributed by atoms with Crippen LogP contribution in [-0.2, 0) is 0 Å². The first kappa shape index (κ1) is 12.3. The van der Waals surface area contributed by atoms with E-state index >= 15 is 0 Å². The highest BCUT2D eigenvalue weighted by Gasteiger charge is 2.20. The van der Waals surface area contributed by atoms with Crippen LogP contribution in [0.5, 0.6) is 0 Å². The van der Waals surface area contributed by atoms with Crippen molar-refractivity contribution in [2.75, 3.05) is 0 Å². The number of nitrogens with two attached hydrogens (primary N) is 1. The molecule has 0 aliphatic heterocycles. The molecule has 0 saturated heterocycles. The minimum Gasteiger partial charge on any atom is -0.404 e. The summed E-state index contributed by atoms with van der Waals surface area (Å²) in [6, 6.07) is 4.31. The van der Waals surface area contributed by atoms with Gasteiger partial charge in [-0.2, -0.15) is 0 Å². The van der Waals surface area contributed by atoms with E-state index in [9.17, 15) is 10.1 Å². The van der Waals surface area contributed by atoms with Gasteiger partial charge >= 0.3 is 5.88 Å². The average Bonchev–Trinajstić information content (AvgIpc) is 2.86. The summed E-state index contributed by atoms with van der Waals surface area (Å²) in [6.07, 6.45) is 0. The normalized spacial score (nSPS) is 12.6. The number of thiophene rings is 1. The minimum absolute atomic E-state index is 0.289. The summed E-state index contributed by atoms with van der Waals surface area (Å²) in [5.74, 6) is 0.105. The third-order valence-electron chi connectivity index (χ3n) is 2.28. The second kappa shape index (κ2) is 4.59. The average molecular weight is 317 g/mol. The van der Waals surface area contributed by atoms with Gasteiger partial charge in [-0.15, -0.1) is 11.3 Å². The molecule has 0 aliphatic rings. The number of aryl methyl sites for hydroxylation is 1. The summed E-state index contributed by atoms with van der Waals surface area (Å²) >= 11 is 4.91. The molecular formula is C10H9BrN2O3S. The Labute approximate surface area is 110 Å². The van der Waals surface area contributed by atoms with Gasteiger partial charge in [-0.25, -0.2) is 0 Å². The molecule has 1 atom stereocenters. The summed E-state index contributed by atoms with van der Waals surface area (Å²) in [5.41, 5.74) is 7.07. The van der Waals surface area contributed by atoms with Crippen molar-refractivity contribution in [3.05, 3.63) is 48.3 Å². The number of rotatable bonds is 3. The number of nitrogens with zero attached hydrogens (tertiary/aromatic N) is 1. The van der Waals surface area contributed by atoms with Gasteiger partial charge < -0.3 is 10.2 Å². The van der Waals surface area contributed by atoms with Crippen molar-refractivity contribution in [2.45, 2.75) is 13.0 Å². The Morgan fingerprint density at radius 2 is 2.29 bits per heavy atom. The topological polar surface area (TPSA) is 82.3 Å². The van der Waals surface area contributed by atoms with Gasteiger partial charge in [0.25, 0.3) is 0 Å². The molecule has 17 heavy (non-hydrogen) atoms. The maximum atomic E-state index is 10.5. The van der Waals surface area contributed by atoms with Gasteiger partial charge in [0.05, 0.1) is 15.9 Å². The third-order valence-corrected chi connectivity index (χ3v) is 4.50. The summed E-state index contributed by atoms with van der Waals surface area (Å²) < 4.78 is 6.08. The van der Waals surface area contributed by atoms with Gasteiger partial charge in [0, 0.05) is 4.88 Å². The van der Waals surface area contributed by atoms with Crippen molar-refractivity contribution in [2.24, 2.45) is 5.73 Å². The van der Waals surface area contributed by atoms with Crippen LogP contribution in [0.3, 0.4) is 0 Å². The van der Waals surface area contributed by atoms with Crippen LogP contribution in [0.25, 0.3) is 0 Å². The Kier molecular flexibility index (Phi) is 3.32. The van der Waals surface area contributed by atoms with E-state index in [1.807, 2.05) is 13.0 Å². The lowest BCUT2D eigenvalue weighted by atomic mass is 10.2. The van der Waals surface area contributed by atoms with Crippen molar-refractivity contribution >= 4 is 33.2 Å². The Hall–Kier alpha value is -1.18. The Morgan fingerprint density at radius 1 is 1.59 bits per heavy atom. The number of furan rings is 1. The van der Waals surface area contributed by atoms with Crippen LogP contribution in [0.2, 0.25) is 0 Å². The Morgan fingerprint density at radius 3 is 2.76 bits per heavy atom. The van der Waals surface area contributed by atoms with Crippen LogP contribution in [-0.4, -0.2) is 4.92 Å². The predicted octanol–water partition coefficient (Wildman–Crippen LogP) is 3.37. The molecule has 0 fully saturated rings. The number of halogens is 1. The highest BCUT2D eigenvalue weighted by molar-refractivity contribution is 9.11. The molecule has 7 heteroatoms. The molecule has 0 aromatic carbocycles. The van der Waals surface area contributed by atoms with E-state index in [-0.39, 0.29) is 5.88 Å². The van der Waals surface area contributed by atoms with Crippen LogP contribution in [0.1, 0.15) is 22.2 Å². The first-order valence-electron chi connectivity index (χ1n) is 4.74. The fraction of sp³-hybridized carbons (Fsp3) is 0.200. The summed E-state index contributed by atoms with van der Waals surface area (Å²) in [5, 5.41) is 10.5. The molecule has 2 aromatic heterocycles. The lowest BCUT2D eigenvalue weighted by Crippen LogP contribution is -2.08. The molecule has 1 unspecified atom stereocenters. The van der Waals surface area contributed by atoms with Gasteiger partial charge in [0.2, 0.25) is 0 Å². The SMILES string of the molecule is Cc1cc(C(N)c2ccc([N+](=O)[O-])o2)sc1Br. The Bertz CT molecular complexity index is 544. The van der Waals surface area contributed by atoms with Gasteiger partial charge in [0.15, 0.2) is 0 Å². The van der Waals surface area contributed by atoms with Gasteiger partial charge in [-0.05, 0) is 40.5 Å². The van der Waals surface area contributed by atoms with E-state index in [2.05, 4.69) is 15.9 Å². The lowest BCUT2D eigenvalue weighted by Gasteiger charge is -2.04. The molecule has 5 nitrogen and oxygen atoms in total. The second-order valence-electron chi connectivity index (χ2n) is 3.52. The zero-order valence-electron chi connectivity index (χ0n) is 8.84. The van der Waals surface area contributed by atoms with Crippen molar-refractivity contribution in [1.29, 1.82) is 0 Å². The fourth-order valence-corrected chi connectivity index (χ4v) is 2.97. The van der Waals surface area contributed by atoms with E-state index in [4.69, 9.17) is 10.2 Å². The molecule has 0 aliphatic carbocycles. The minimum atomic E-state index is -0.578. The number of hydrogen-bond donors (Lipinski definition) is 1. The standard InChI is InChI=1S/C10H9BrN2O3S/c1-5-4-7(17-10(5)11)9(12)6-2-3-8(16-6)13(14)15/h2-4,9H,12H2,1H3. The largest absolute Gasteiger partial charge is 0.433 e. The first-order valence-corrected chi connectivity index (χ1v) is 6.35. The fourth-order valence-electron chi connectivity index (χ4n) is 1.38. The molecule has 2 aromatic rings. The molecule has 0 saturated carbocycles. The van der Waals surface area contributed by atoms with Crippen LogP contribution in [0.15, 0.2) is 26.4 Å². The van der Waals surface area contributed by atoms with E-state index < -0.39 is 11.0 Å². The molecule has 0 spiro atoms. The van der Waals surface area contributed by atoms with Gasteiger partial charge in [0.1, 0.15) is 10.7 Å². The van der Waals surface area contributed by atoms with Crippen LogP contribution >= 0.6 is 27.3 Å². The quantitative estimate of drug-likeness (QED) is 0.695. The van der Waals surface area contributed by atoms with E-state index in [1.54, 1.807) is 0 Å². The molecule has 0 bridgehead atoms. The lowest BCUT2D eigenvalue weighted by molar-refractivity contribution is -0.402. The molecule has 0 radical (unpaired) electrons. The maximum Gasteiger partial charge on any atom is 0.433 e. The zero-order chi connectivity index (χ0) is 12.6. The van der Waals surface area contributed by atoms with Crippen molar-refractivity contribution in [1.82, 2.24) is 0 Å². The van der Waals surface area contributed by atoms with E-state index in [1.165, 1.54) is 23.5 Å². The monoisotopic (exact) mass is 316 g/mol. The van der Waals surface area contributed by atoms with E-state index in [0.717, 1.165) is 14.2 Å². The van der Waals surface area contributed by atoms with Crippen LogP contribution in [0, 0.1) is 17.0 Å². The molecule has 2 rings (SSSR count). The summed E-state index contributed by atoms with van der Waals surface area (Å²) in [7, 11) is 0. The maximum absolute atomic E-state index is 10.5. The Balaban J connectivity index is 2.30. The summed E-state index contributed by atoms with van der Waals surface area (Å²) in [6.45, 7) is 1.96. The van der Waals surface area contributed by atoms with Crippen molar-refractivity contribution < 1.29 is 9.34 Å². The van der Waals surface area contributed by atoms with Gasteiger partial charge in [-0.3, -0.25) is 10.1 Å². The molecular weight excluding hydrogens is 308 g/mol. The molecule has 0 amide bonds. The zero-order valence-corrected chi connectivity index (χ0v) is 11.2. The number of nitro groups is 1. The predicted molar refractivity (Wildman–Crippen MR) is 68.1 cm³/mol. The van der Waals surface area contributed by atoms with Crippen LogP contribution in [0.4, 0.5) is 5.88 Å². The van der Waals surface area contributed by atoms with Crippen molar-refractivity contribution in [3.8, 4) is 0 Å². The third kappa shape index (κ3) is 2.41. The number of hydrogen-bond acceptors (Lipinski definition) is 5. The highest BCUT2D eigenvalue weighted by Crippen LogP contribution is 2.34. The first-order chi connectivity index (χ1) is 7.99. The van der Waals surface area contributed by atoms with Crippen molar-refractivity contribution in [3.63, 3.8) is 0 Å².